The van der Waals surface area contributed by atoms with E-state index in [1.807, 2.05) is 25.1 Å². The third-order valence-corrected chi connectivity index (χ3v) is 3.78. The summed E-state index contributed by atoms with van der Waals surface area (Å²) in [6.07, 6.45) is -0.198. The normalized spacial score (nSPS) is 12.0. The Balaban J connectivity index is 2.29. The summed E-state index contributed by atoms with van der Waals surface area (Å²) in [4.78, 5) is 0. The molecule has 0 aliphatic carbocycles. The van der Waals surface area contributed by atoms with Crippen LogP contribution in [0.25, 0.3) is 0 Å². The molecule has 0 saturated carbocycles. The van der Waals surface area contributed by atoms with Crippen molar-refractivity contribution in [3.8, 4) is 11.5 Å². The smallest absolute Gasteiger partial charge is 0.179 e. The van der Waals surface area contributed by atoms with Gasteiger partial charge in [-0.2, -0.15) is 0 Å². The lowest BCUT2D eigenvalue weighted by Crippen LogP contribution is -2.04. The van der Waals surface area contributed by atoms with Gasteiger partial charge in [0.15, 0.2) is 11.5 Å². The van der Waals surface area contributed by atoms with Gasteiger partial charge in [0.05, 0.1) is 25.3 Å². The fourth-order valence-electron chi connectivity index (χ4n) is 2.33. The number of ether oxygens (including phenoxy) is 2. The SMILES string of the molecule is COc1ccc(C(O)Cc2cccc(C)c2)c(Cl)c1OC. The van der Waals surface area contributed by atoms with Crippen molar-refractivity contribution in [3.05, 3.63) is 58.1 Å². The van der Waals surface area contributed by atoms with Crippen LogP contribution in [0.5, 0.6) is 11.5 Å². The summed E-state index contributed by atoms with van der Waals surface area (Å²) in [7, 11) is 3.08. The van der Waals surface area contributed by atoms with Gasteiger partial charge in [-0.1, -0.05) is 47.5 Å². The predicted molar refractivity (Wildman–Crippen MR) is 84.4 cm³/mol. The minimum atomic E-state index is -0.695. The van der Waals surface area contributed by atoms with Gasteiger partial charge >= 0.3 is 0 Å². The predicted octanol–water partition coefficient (Wildman–Crippen LogP) is 3.94. The summed E-state index contributed by atoms with van der Waals surface area (Å²) < 4.78 is 10.5. The molecule has 1 N–H and O–H groups in total. The molecule has 0 saturated heterocycles. The van der Waals surface area contributed by atoms with E-state index in [4.69, 9.17) is 21.1 Å². The van der Waals surface area contributed by atoms with Gasteiger partial charge in [-0.25, -0.2) is 0 Å². The van der Waals surface area contributed by atoms with Gasteiger partial charge in [-0.3, -0.25) is 0 Å². The Hall–Kier alpha value is -1.71. The molecule has 0 aromatic heterocycles. The van der Waals surface area contributed by atoms with E-state index >= 15 is 0 Å². The van der Waals surface area contributed by atoms with Crippen molar-refractivity contribution in [2.75, 3.05) is 14.2 Å². The number of aliphatic hydroxyl groups is 1. The minimum Gasteiger partial charge on any atom is -0.493 e. The molecule has 1 unspecified atom stereocenters. The number of aliphatic hydroxyl groups excluding tert-OH is 1. The zero-order chi connectivity index (χ0) is 15.4. The summed E-state index contributed by atoms with van der Waals surface area (Å²) in [6.45, 7) is 2.03. The van der Waals surface area contributed by atoms with Gasteiger partial charge < -0.3 is 14.6 Å². The lowest BCUT2D eigenvalue weighted by atomic mass is 10.00. The van der Waals surface area contributed by atoms with Gasteiger partial charge in [-0.15, -0.1) is 0 Å². The molecule has 2 rings (SSSR count). The van der Waals surface area contributed by atoms with Crippen LogP contribution in [0.1, 0.15) is 22.8 Å². The topological polar surface area (TPSA) is 38.7 Å². The van der Waals surface area contributed by atoms with Crippen molar-refractivity contribution in [2.45, 2.75) is 19.4 Å². The van der Waals surface area contributed by atoms with Crippen molar-refractivity contribution in [3.63, 3.8) is 0 Å². The maximum atomic E-state index is 10.4. The lowest BCUT2D eigenvalue weighted by Gasteiger charge is -2.17. The van der Waals surface area contributed by atoms with Crippen LogP contribution >= 0.6 is 11.6 Å². The quantitative estimate of drug-likeness (QED) is 0.909. The first kappa shape index (κ1) is 15.7. The number of halogens is 1. The number of methoxy groups -OCH3 is 2. The van der Waals surface area contributed by atoms with Gasteiger partial charge in [-0.05, 0) is 18.6 Å². The van der Waals surface area contributed by atoms with E-state index in [1.165, 1.54) is 7.11 Å². The molecule has 4 heteroatoms. The molecule has 2 aromatic rings. The highest BCUT2D eigenvalue weighted by Gasteiger charge is 2.18. The lowest BCUT2D eigenvalue weighted by molar-refractivity contribution is 0.178. The molecular formula is C17H19ClO3. The highest BCUT2D eigenvalue weighted by atomic mass is 35.5. The fourth-order valence-corrected chi connectivity index (χ4v) is 2.69. The van der Waals surface area contributed by atoms with Crippen LogP contribution in [0.4, 0.5) is 0 Å². The van der Waals surface area contributed by atoms with E-state index in [1.54, 1.807) is 19.2 Å². The highest BCUT2D eigenvalue weighted by molar-refractivity contribution is 6.33. The van der Waals surface area contributed by atoms with Crippen LogP contribution in [-0.2, 0) is 6.42 Å². The second kappa shape index (κ2) is 6.83. The van der Waals surface area contributed by atoms with Crippen molar-refractivity contribution in [1.82, 2.24) is 0 Å². The summed E-state index contributed by atoms with van der Waals surface area (Å²) in [5.74, 6) is 0.994. The van der Waals surface area contributed by atoms with E-state index in [0.29, 0.717) is 28.5 Å². The number of hydrogen-bond acceptors (Lipinski definition) is 3. The van der Waals surface area contributed by atoms with Crippen LogP contribution in [0.15, 0.2) is 36.4 Å². The average Bonchev–Trinajstić information content (AvgIpc) is 2.46. The summed E-state index contributed by atoms with van der Waals surface area (Å²) in [6, 6.07) is 11.6. The van der Waals surface area contributed by atoms with Crippen molar-refractivity contribution in [1.29, 1.82) is 0 Å². The summed E-state index contributed by atoms with van der Waals surface area (Å²) in [5.41, 5.74) is 2.86. The molecule has 2 aromatic carbocycles. The van der Waals surface area contributed by atoms with Gasteiger partial charge in [0.1, 0.15) is 0 Å². The standard InChI is InChI=1S/C17H19ClO3/c1-11-5-4-6-12(9-11)10-14(19)13-7-8-15(20-2)17(21-3)16(13)18/h4-9,14,19H,10H2,1-3H3. The van der Waals surface area contributed by atoms with E-state index < -0.39 is 6.10 Å². The second-order valence-corrected chi connectivity index (χ2v) is 5.29. The first-order valence-electron chi connectivity index (χ1n) is 6.70. The van der Waals surface area contributed by atoms with E-state index in [2.05, 4.69) is 6.07 Å². The molecule has 0 aliphatic heterocycles. The van der Waals surface area contributed by atoms with E-state index in [0.717, 1.165) is 11.1 Å². The van der Waals surface area contributed by atoms with Crippen LogP contribution in [-0.4, -0.2) is 19.3 Å². The third-order valence-electron chi connectivity index (χ3n) is 3.39. The molecule has 0 aliphatic rings. The molecule has 112 valence electrons. The van der Waals surface area contributed by atoms with Gasteiger partial charge in [0.25, 0.3) is 0 Å². The van der Waals surface area contributed by atoms with Crippen LogP contribution in [0.3, 0.4) is 0 Å². The number of hydrogen-bond donors (Lipinski definition) is 1. The number of benzene rings is 2. The van der Waals surface area contributed by atoms with E-state index in [9.17, 15) is 5.11 Å². The Bertz CT molecular complexity index is 625. The summed E-state index contributed by atoms with van der Waals surface area (Å²) in [5, 5.41) is 10.8. The Morgan fingerprint density at radius 2 is 1.90 bits per heavy atom. The molecular weight excluding hydrogens is 288 g/mol. The molecule has 0 amide bonds. The Labute approximate surface area is 130 Å². The first-order chi connectivity index (χ1) is 10.1. The molecule has 0 radical (unpaired) electrons. The van der Waals surface area contributed by atoms with Gasteiger partial charge in [0.2, 0.25) is 0 Å². The third kappa shape index (κ3) is 3.49. The molecule has 21 heavy (non-hydrogen) atoms. The number of aryl methyl sites for hydroxylation is 1. The molecule has 3 nitrogen and oxygen atoms in total. The van der Waals surface area contributed by atoms with E-state index in [-0.39, 0.29) is 0 Å². The van der Waals surface area contributed by atoms with Crippen LogP contribution in [0, 0.1) is 6.92 Å². The van der Waals surface area contributed by atoms with Crippen molar-refractivity contribution >= 4 is 11.6 Å². The first-order valence-corrected chi connectivity index (χ1v) is 7.08. The Morgan fingerprint density at radius 1 is 1.14 bits per heavy atom. The average molecular weight is 307 g/mol. The van der Waals surface area contributed by atoms with Crippen LogP contribution in [0.2, 0.25) is 5.02 Å². The maximum absolute atomic E-state index is 10.4. The Morgan fingerprint density at radius 3 is 2.52 bits per heavy atom. The van der Waals surface area contributed by atoms with Gasteiger partial charge in [0, 0.05) is 12.0 Å². The monoisotopic (exact) mass is 306 g/mol. The fraction of sp³-hybridized carbons (Fsp3) is 0.294. The van der Waals surface area contributed by atoms with Crippen molar-refractivity contribution < 1.29 is 14.6 Å². The van der Waals surface area contributed by atoms with Crippen molar-refractivity contribution in [2.24, 2.45) is 0 Å². The zero-order valence-electron chi connectivity index (χ0n) is 12.4. The molecule has 0 fully saturated rings. The second-order valence-electron chi connectivity index (χ2n) is 4.91. The highest BCUT2D eigenvalue weighted by Crippen LogP contribution is 2.40. The maximum Gasteiger partial charge on any atom is 0.179 e. The molecule has 1 atom stereocenters. The number of rotatable bonds is 5. The Kier molecular flexibility index (Phi) is 5.10. The zero-order valence-corrected chi connectivity index (χ0v) is 13.1. The summed E-state index contributed by atoms with van der Waals surface area (Å²) >= 11 is 6.32. The van der Waals surface area contributed by atoms with Crippen LogP contribution < -0.4 is 9.47 Å². The largest absolute Gasteiger partial charge is 0.493 e. The molecule has 0 spiro atoms. The molecule has 0 heterocycles. The minimum absolute atomic E-state index is 0.386. The molecule has 0 bridgehead atoms.